The number of piperazine rings is 1. The Bertz CT molecular complexity index is 887. The fourth-order valence-corrected chi connectivity index (χ4v) is 3.77. The third kappa shape index (κ3) is 3.24. The lowest BCUT2D eigenvalue weighted by atomic mass is 10.1. The van der Waals surface area contributed by atoms with Crippen molar-refractivity contribution in [3.63, 3.8) is 0 Å². The molecule has 4 rings (SSSR count). The molecule has 0 aromatic heterocycles. The number of hydrogen-bond acceptors (Lipinski definition) is 4. The van der Waals surface area contributed by atoms with Crippen LogP contribution in [0.3, 0.4) is 0 Å². The highest BCUT2D eigenvalue weighted by molar-refractivity contribution is 6.56. The van der Waals surface area contributed by atoms with Crippen molar-refractivity contribution in [2.75, 3.05) is 36.4 Å². The minimum Gasteiger partial charge on any atom is -0.368 e. The summed E-state index contributed by atoms with van der Waals surface area (Å²) in [5.41, 5.74) is 4.08. The second kappa shape index (κ2) is 6.82. The van der Waals surface area contributed by atoms with Crippen LogP contribution in [0.4, 0.5) is 11.4 Å². The van der Waals surface area contributed by atoms with E-state index in [1.54, 1.807) is 12.1 Å². The predicted molar refractivity (Wildman–Crippen MR) is 107 cm³/mol. The first-order chi connectivity index (χ1) is 12.5. The predicted octanol–water partition coefficient (Wildman–Crippen LogP) is 3.78. The van der Waals surface area contributed by atoms with E-state index >= 15 is 0 Å². The van der Waals surface area contributed by atoms with Gasteiger partial charge in [-0.15, -0.1) is 0 Å². The molecule has 2 aliphatic heterocycles. The highest BCUT2D eigenvalue weighted by Gasteiger charge is 2.30. The Balaban J connectivity index is 1.51. The van der Waals surface area contributed by atoms with E-state index in [2.05, 4.69) is 46.5 Å². The van der Waals surface area contributed by atoms with E-state index in [-0.39, 0.29) is 5.91 Å². The van der Waals surface area contributed by atoms with Gasteiger partial charge in [0.2, 0.25) is 0 Å². The molecule has 2 aromatic rings. The number of nitrogens with one attached hydrogen (secondary N) is 1. The number of carbonyl (C=O) groups excluding carboxylic acids is 1. The number of aryl methyl sites for hydroxylation is 1. The van der Waals surface area contributed by atoms with Crippen LogP contribution < -0.4 is 10.2 Å². The van der Waals surface area contributed by atoms with Gasteiger partial charge in [0.15, 0.2) is 5.71 Å². The largest absolute Gasteiger partial charge is 0.368 e. The van der Waals surface area contributed by atoms with Gasteiger partial charge in [-0.2, -0.15) is 5.10 Å². The van der Waals surface area contributed by atoms with E-state index in [9.17, 15) is 4.79 Å². The smallest absolute Gasteiger partial charge is 0.276 e. The summed E-state index contributed by atoms with van der Waals surface area (Å²) in [5, 5.41) is 10.2. The molecule has 0 radical (unpaired) electrons. The van der Waals surface area contributed by atoms with Gasteiger partial charge in [0.1, 0.15) is 0 Å². The molecular weight excluding hydrogens is 371 g/mol. The van der Waals surface area contributed by atoms with Crippen molar-refractivity contribution in [3.8, 4) is 0 Å². The third-order valence-electron chi connectivity index (χ3n) is 4.66. The zero-order valence-corrected chi connectivity index (χ0v) is 15.8. The fourth-order valence-electron chi connectivity index (χ4n) is 3.23. The van der Waals surface area contributed by atoms with Crippen LogP contribution in [0.2, 0.25) is 10.0 Å². The number of hydrogen-bond donors (Lipinski definition) is 1. The van der Waals surface area contributed by atoms with Crippen molar-refractivity contribution in [1.82, 2.24) is 5.01 Å². The first kappa shape index (κ1) is 17.2. The summed E-state index contributed by atoms with van der Waals surface area (Å²) in [4.78, 5) is 14.6. The van der Waals surface area contributed by atoms with Crippen LogP contribution in [0, 0.1) is 6.92 Å². The molecule has 1 saturated heterocycles. The lowest BCUT2D eigenvalue weighted by Gasteiger charge is -2.34. The van der Waals surface area contributed by atoms with Gasteiger partial charge in [-0.05, 0) is 31.2 Å². The van der Waals surface area contributed by atoms with Gasteiger partial charge in [-0.3, -0.25) is 9.80 Å². The number of nitrogens with zero attached hydrogens (tertiary/aromatic N) is 3. The molecule has 26 heavy (non-hydrogen) atoms. The average Bonchev–Trinajstić information content (AvgIpc) is 2.93. The molecule has 2 aliphatic rings. The van der Waals surface area contributed by atoms with E-state index in [4.69, 9.17) is 23.2 Å². The van der Waals surface area contributed by atoms with Gasteiger partial charge in [-0.1, -0.05) is 40.9 Å². The molecule has 1 fully saturated rings. The van der Waals surface area contributed by atoms with E-state index in [1.807, 2.05) is 5.01 Å². The molecule has 0 spiro atoms. The first-order valence-electron chi connectivity index (χ1n) is 8.47. The van der Waals surface area contributed by atoms with Crippen molar-refractivity contribution < 1.29 is 4.79 Å². The summed E-state index contributed by atoms with van der Waals surface area (Å²) in [6.07, 6.45) is 0. The molecule has 5 nitrogen and oxygen atoms in total. The van der Waals surface area contributed by atoms with Crippen LogP contribution in [-0.2, 0) is 4.79 Å². The Morgan fingerprint density at radius 3 is 2.42 bits per heavy atom. The molecule has 0 aliphatic carbocycles. The number of carbonyl (C=O) groups is 1. The monoisotopic (exact) mass is 388 g/mol. The summed E-state index contributed by atoms with van der Waals surface area (Å²) < 4.78 is 0. The van der Waals surface area contributed by atoms with E-state index in [0.717, 1.165) is 26.2 Å². The quantitative estimate of drug-likeness (QED) is 0.851. The van der Waals surface area contributed by atoms with E-state index < -0.39 is 0 Å². The summed E-state index contributed by atoms with van der Waals surface area (Å²) >= 11 is 12.3. The highest BCUT2D eigenvalue weighted by Crippen LogP contribution is 2.34. The van der Waals surface area contributed by atoms with Crippen LogP contribution in [0.25, 0.3) is 0 Å². The maximum atomic E-state index is 12.3. The number of benzene rings is 2. The number of hydrazone groups is 1. The minimum atomic E-state index is -0.245. The van der Waals surface area contributed by atoms with Crippen molar-refractivity contribution in [1.29, 1.82) is 0 Å². The van der Waals surface area contributed by atoms with Crippen molar-refractivity contribution in [2.45, 2.75) is 6.92 Å². The number of halogens is 2. The van der Waals surface area contributed by atoms with Crippen molar-refractivity contribution in [2.24, 2.45) is 5.10 Å². The number of anilines is 2. The Hall–Kier alpha value is -2.24. The van der Waals surface area contributed by atoms with Crippen LogP contribution in [0.1, 0.15) is 11.1 Å². The van der Waals surface area contributed by atoms with Crippen LogP contribution in [0.5, 0.6) is 0 Å². The summed E-state index contributed by atoms with van der Waals surface area (Å²) in [7, 11) is 0. The lowest BCUT2D eigenvalue weighted by molar-refractivity contribution is -0.110. The Labute approximate surface area is 162 Å². The van der Waals surface area contributed by atoms with Crippen LogP contribution in [0.15, 0.2) is 41.5 Å². The second-order valence-electron chi connectivity index (χ2n) is 6.49. The average molecular weight is 389 g/mol. The van der Waals surface area contributed by atoms with Crippen molar-refractivity contribution in [3.05, 3.63) is 57.6 Å². The molecule has 2 heterocycles. The zero-order valence-electron chi connectivity index (χ0n) is 14.3. The Morgan fingerprint density at radius 2 is 1.73 bits per heavy atom. The molecule has 0 unspecified atom stereocenters. The normalized spacial score (nSPS) is 18.3. The molecule has 2 aromatic carbocycles. The number of fused-ring (bicyclic) bond motifs is 1. The maximum absolute atomic E-state index is 12.3. The van der Waals surface area contributed by atoms with Gasteiger partial charge >= 0.3 is 0 Å². The molecule has 0 saturated carbocycles. The molecule has 0 bridgehead atoms. The SMILES string of the molecule is Cc1ccc(N2CCN(N=C3C(=O)Nc4c(Cl)cc(Cl)cc43)CC2)cc1. The Kier molecular flexibility index (Phi) is 4.51. The first-order valence-corrected chi connectivity index (χ1v) is 9.23. The molecule has 0 atom stereocenters. The van der Waals surface area contributed by atoms with Gasteiger partial charge in [0, 0.05) is 29.4 Å². The van der Waals surface area contributed by atoms with E-state index in [0.29, 0.717) is 27.0 Å². The van der Waals surface area contributed by atoms with Gasteiger partial charge in [0.05, 0.1) is 23.8 Å². The van der Waals surface area contributed by atoms with E-state index in [1.165, 1.54) is 11.3 Å². The summed E-state index contributed by atoms with van der Waals surface area (Å²) in [6, 6.07) is 11.9. The molecule has 1 amide bonds. The maximum Gasteiger partial charge on any atom is 0.276 e. The minimum absolute atomic E-state index is 0.245. The Morgan fingerprint density at radius 1 is 1.04 bits per heavy atom. The zero-order chi connectivity index (χ0) is 18.3. The second-order valence-corrected chi connectivity index (χ2v) is 7.33. The summed E-state index contributed by atoms with van der Waals surface area (Å²) in [5.74, 6) is -0.245. The number of amides is 1. The molecule has 1 N–H and O–H groups in total. The number of rotatable bonds is 2. The van der Waals surface area contributed by atoms with Gasteiger partial charge in [0.25, 0.3) is 5.91 Å². The van der Waals surface area contributed by atoms with Crippen LogP contribution >= 0.6 is 23.2 Å². The van der Waals surface area contributed by atoms with Gasteiger partial charge in [-0.25, -0.2) is 0 Å². The standard InChI is InChI=1S/C19H18Cl2N4O/c1-12-2-4-14(5-3-12)24-6-8-25(9-7-24)23-18-15-10-13(20)11-16(21)17(15)22-19(18)26/h2-5,10-11H,6-9H2,1H3,(H,22,23,26). The third-order valence-corrected chi connectivity index (χ3v) is 5.18. The molecule has 7 heteroatoms. The van der Waals surface area contributed by atoms with Crippen molar-refractivity contribution >= 4 is 46.2 Å². The van der Waals surface area contributed by atoms with Crippen LogP contribution in [-0.4, -0.2) is 42.8 Å². The lowest BCUT2D eigenvalue weighted by Crippen LogP contribution is -2.44. The molecular formula is C19H18Cl2N4O. The highest BCUT2D eigenvalue weighted by atomic mass is 35.5. The van der Waals surface area contributed by atoms with Gasteiger partial charge < -0.3 is 10.2 Å². The molecule has 134 valence electrons. The topological polar surface area (TPSA) is 47.9 Å². The fraction of sp³-hybridized carbons (Fsp3) is 0.263. The summed E-state index contributed by atoms with van der Waals surface area (Å²) in [6.45, 7) is 5.28.